The van der Waals surface area contributed by atoms with Crippen molar-refractivity contribution >= 4 is 0 Å². The van der Waals surface area contributed by atoms with Crippen LogP contribution in [-0.4, -0.2) is 22.0 Å². The maximum absolute atomic E-state index is 8.56. The van der Waals surface area contributed by atoms with Crippen LogP contribution in [0.2, 0.25) is 0 Å². The van der Waals surface area contributed by atoms with Gasteiger partial charge < -0.3 is 9.26 Å². The van der Waals surface area contributed by atoms with Crippen LogP contribution in [0.5, 0.6) is 5.88 Å². The molecular formula is C12H12N4O2. The molecule has 0 atom stereocenters. The average Bonchev–Trinajstić information content (AvgIpc) is 2.81. The number of hydrogen-bond acceptors (Lipinski definition) is 6. The van der Waals surface area contributed by atoms with Gasteiger partial charge in [0.15, 0.2) is 5.69 Å². The Morgan fingerprint density at radius 2 is 2.28 bits per heavy atom. The van der Waals surface area contributed by atoms with Gasteiger partial charge in [-0.05, 0) is 19.4 Å². The fourth-order valence-electron chi connectivity index (χ4n) is 1.41. The number of aromatic nitrogens is 3. The van der Waals surface area contributed by atoms with E-state index in [4.69, 9.17) is 14.5 Å². The Labute approximate surface area is 104 Å². The summed E-state index contributed by atoms with van der Waals surface area (Å²) in [5, 5.41) is 19.8. The number of ether oxygens (including phenoxy) is 1. The molecule has 2 heterocycles. The van der Waals surface area contributed by atoms with E-state index in [1.54, 1.807) is 12.1 Å². The van der Waals surface area contributed by atoms with Crippen LogP contribution in [0, 0.1) is 18.3 Å². The third kappa shape index (κ3) is 3.28. The van der Waals surface area contributed by atoms with Gasteiger partial charge in [-0.15, -0.1) is 10.2 Å². The summed E-state index contributed by atoms with van der Waals surface area (Å²) >= 11 is 0. The molecule has 18 heavy (non-hydrogen) atoms. The molecule has 6 heteroatoms. The average molecular weight is 244 g/mol. The number of aryl methyl sites for hydroxylation is 2. The van der Waals surface area contributed by atoms with Crippen LogP contribution < -0.4 is 4.74 Å². The lowest BCUT2D eigenvalue weighted by molar-refractivity contribution is 0.287. The van der Waals surface area contributed by atoms with Crippen molar-refractivity contribution in [3.8, 4) is 11.9 Å². The topological polar surface area (TPSA) is 84.8 Å². The Balaban J connectivity index is 1.73. The minimum absolute atomic E-state index is 0.277. The molecule has 0 N–H and O–H groups in total. The molecule has 0 aliphatic carbocycles. The summed E-state index contributed by atoms with van der Waals surface area (Å²) in [5.74, 6) is 1.27. The fourth-order valence-corrected chi connectivity index (χ4v) is 1.41. The van der Waals surface area contributed by atoms with E-state index < -0.39 is 0 Å². The molecule has 0 spiro atoms. The maximum atomic E-state index is 8.56. The Kier molecular flexibility index (Phi) is 3.86. The highest BCUT2D eigenvalue weighted by Crippen LogP contribution is 2.07. The van der Waals surface area contributed by atoms with E-state index in [1.165, 1.54) is 0 Å². The van der Waals surface area contributed by atoms with Gasteiger partial charge in [0.1, 0.15) is 11.8 Å². The van der Waals surface area contributed by atoms with Gasteiger partial charge in [-0.3, -0.25) is 0 Å². The molecule has 0 aliphatic rings. The summed E-state index contributed by atoms with van der Waals surface area (Å²) in [6.45, 7) is 2.40. The van der Waals surface area contributed by atoms with Gasteiger partial charge in [0.05, 0.1) is 12.3 Å². The first-order valence-electron chi connectivity index (χ1n) is 5.57. The number of nitriles is 1. The highest BCUT2D eigenvalue weighted by atomic mass is 16.5. The predicted molar refractivity (Wildman–Crippen MR) is 61.8 cm³/mol. The monoisotopic (exact) mass is 244 g/mol. The molecule has 0 bridgehead atoms. The van der Waals surface area contributed by atoms with Crippen molar-refractivity contribution < 1.29 is 9.26 Å². The molecular weight excluding hydrogens is 232 g/mol. The highest BCUT2D eigenvalue weighted by molar-refractivity contribution is 5.21. The van der Waals surface area contributed by atoms with E-state index in [-0.39, 0.29) is 5.69 Å². The van der Waals surface area contributed by atoms with Gasteiger partial charge in [0, 0.05) is 18.6 Å². The Morgan fingerprint density at radius 1 is 1.39 bits per heavy atom. The van der Waals surface area contributed by atoms with Crippen molar-refractivity contribution in [2.45, 2.75) is 19.8 Å². The molecule has 0 amide bonds. The molecule has 6 nitrogen and oxygen atoms in total. The van der Waals surface area contributed by atoms with Gasteiger partial charge in [0.25, 0.3) is 0 Å². The van der Waals surface area contributed by atoms with Crippen LogP contribution in [0.15, 0.2) is 22.7 Å². The molecule has 2 aromatic rings. The van der Waals surface area contributed by atoms with E-state index in [1.807, 2.05) is 19.1 Å². The zero-order valence-corrected chi connectivity index (χ0v) is 9.96. The molecule has 0 aliphatic heterocycles. The van der Waals surface area contributed by atoms with Crippen LogP contribution in [0.25, 0.3) is 0 Å². The second kappa shape index (κ2) is 5.77. The lowest BCUT2D eigenvalue weighted by atomic mass is 10.2. The SMILES string of the molecule is Cc1cc(CCCOc2ccc(C#N)nn2)on1. The van der Waals surface area contributed by atoms with Gasteiger partial charge in [-0.25, -0.2) is 0 Å². The second-order valence-corrected chi connectivity index (χ2v) is 3.76. The van der Waals surface area contributed by atoms with Gasteiger partial charge in [-0.2, -0.15) is 5.26 Å². The van der Waals surface area contributed by atoms with E-state index in [0.717, 1.165) is 24.3 Å². The molecule has 2 rings (SSSR count). The third-order valence-electron chi connectivity index (χ3n) is 2.25. The summed E-state index contributed by atoms with van der Waals surface area (Å²) < 4.78 is 10.5. The van der Waals surface area contributed by atoms with Crippen molar-refractivity contribution in [2.75, 3.05) is 6.61 Å². The molecule has 0 saturated heterocycles. The predicted octanol–water partition coefficient (Wildman–Crippen LogP) is 1.66. The van der Waals surface area contributed by atoms with E-state index in [9.17, 15) is 0 Å². The molecule has 0 fully saturated rings. The largest absolute Gasteiger partial charge is 0.477 e. The van der Waals surface area contributed by atoms with Crippen LogP contribution in [0.1, 0.15) is 23.6 Å². The molecule has 2 aromatic heterocycles. The minimum atomic E-state index is 0.277. The van der Waals surface area contributed by atoms with Crippen molar-refractivity contribution in [2.24, 2.45) is 0 Å². The zero-order chi connectivity index (χ0) is 12.8. The summed E-state index contributed by atoms with van der Waals surface area (Å²) in [5.41, 5.74) is 1.16. The smallest absolute Gasteiger partial charge is 0.233 e. The normalized spacial score (nSPS) is 10.0. The Hall–Kier alpha value is -2.42. The first-order chi connectivity index (χ1) is 8.78. The summed E-state index contributed by atoms with van der Waals surface area (Å²) in [7, 11) is 0. The van der Waals surface area contributed by atoms with Crippen LogP contribution >= 0.6 is 0 Å². The first kappa shape index (κ1) is 12.0. The number of nitrogens with zero attached hydrogens (tertiary/aromatic N) is 4. The van der Waals surface area contributed by atoms with Crippen LogP contribution in [-0.2, 0) is 6.42 Å². The van der Waals surface area contributed by atoms with Gasteiger partial charge >= 0.3 is 0 Å². The number of rotatable bonds is 5. The molecule has 0 unspecified atom stereocenters. The third-order valence-corrected chi connectivity index (χ3v) is 2.25. The van der Waals surface area contributed by atoms with Crippen molar-refractivity contribution in [1.82, 2.24) is 15.4 Å². The van der Waals surface area contributed by atoms with Crippen LogP contribution in [0.3, 0.4) is 0 Å². The molecule has 92 valence electrons. The maximum Gasteiger partial charge on any atom is 0.233 e. The summed E-state index contributed by atoms with van der Waals surface area (Å²) in [6, 6.07) is 7.00. The quantitative estimate of drug-likeness (QED) is 0.743. The molecule has 0 radical (unpaired) electrons. The first-order valence-corrected chi connectivity index (χ1v) is 5.57. The molecule has 0 saturated carbocycles. The highest BCUT2D eigenvalue weighted by Gasteiger charge is 2.01. The lowest BCUT2D eigenvalue weighted by Gasteiger charge is -2.02. The van der Waals surface area contributed by atoms with Crippen LogP contribution in [0.4, 0.5) is 0 Å². The minimum Gasteiger partial charge on any atom is -0.477 e. The van der Waals surface area contributed by atoms with E-state index in [2.05, 4.69) is 15.4 Å². The Bertz CT molecular complexity index is 542. The molecule has 0 aromatic carbocycles. The standard InChI is InChI=1S/C12H12N4O2/c1-9-7-11(18-16-9)3-2-6-17-12-5-4-10(8-13)14-15-12/h4-5,7H,2-3,6H2,1H3. The van der Waals surface area contributed by atoms with E-state index in [0.29, 0.717) is 12.5 Å². The van der Waals surface area contributed by atoms with Gasteiger partial charge in [-0.1, -0.05) is 5.16 Å². The van der Waals surface area contributed by atoms with E-state index >= 15 is 0 Å². The van der Waals surface area contributed by atoms with Crippen molar-refractivity contribution in [3.05, 3.63) is 35.3 Å². The van der Waals surface area contributed by atoms with Gasteiger partial charge in [0.2, 0.25) is 5.88 Å². The lowest BCUT2D eigenvalue weighted by Crippen LogP contribution is -2.01. The summed E-state index contributed by atoms with van der Waals surface area (Å²) in [4.78, 5) is 0. The fraction of sp³-hybridized carbons (Fsp3) is 0.333. The van der Waals surface area contributed by atoms with Crippen molar-refractivity contribution in [1.29, 1.82) is 5.26 Å². The zero-order valence-electron chi connectivity index (χ0n) is 9.96. The Morgan fingerprint density at radius 3 is 2.89 bits per heavy atom. The summed E-state index contributed by atoms with van der Waals surface area (Å²) in [6.07, 6.45) is 1.57. The number of hydrogen-bond donors (Lipinski definition) is 0. The second-order valence-electron chi connectivity index (χ2n) is 3.76. The van der Waals surface area contributed by atoms with Crippen molar-refractivity contribution in [3.63, 3.8) is 0 Å².